The molecule has 2 N–H and O–H groups in total. The van der Waals surface area contributed by atoms with Gasteiger partial charge in [0.15, 0.2) is 5.65 Å². The molecule has 2 aromatic heterocycles. The summed E-state index contributed by atoms with van der Waals surface area (Å²) >= 11 is 0. The highest BCUT2D eigenvalue weighted by atomic mass is 15.2. The number of hydrogen-bond acceptors (Lipinski definition) is 5. The zero-order chi connectivity index (χ0) is 12.4. The van der Waals surface area contributed by atoms with Gasteiger partial charge in [-0.2, -0.15) is 10.4 Å². The Morgan fingerprint density at radius 1 is 1.22 bits per heavy atom. The molecule has 0 spiro atoms. The fraction of sp³-hybridized carbons (Fsp3) is 0. The number of rotatable bonds is 2. The lowest BCUT2D eigenvalue weighted by Gasteiger charge is -2.07. The predicted octanol–water partition coefficient (Wildman–Crippen LogP) is 1.97. The monoisotopic (exact) mass is 236 g/mol. The van der Waals surface area contributed by atoms with Crippen LogP contribution in [0.25, 0.3) is 11.0 Å². The van der Waals surface area contributed by atoms with E-state index in [0.717, 1.165) is 5.39 Å². The second kappa shape index (κ2) is 4.14. The average molecular weight is 236 g/mol. The first-order valence-corrected chi connectivity index (χ1v) is 5.29. The van der Waals surface area contributed by atoms with Gasteiger partial charge in [-0.25, -0.2) is 9.97 Å². The van der Waals surface area contributed by atoms with Crippen molar-refractivity contribution in [3.8, 4) is 6.07 Å². The number of nitrogens with one attached hydrogen (secondary N) is 2. The Morgan fingerprint density at radius 3 is 3.00 bits per heavy atom. The standard InChI is InChI=1S/C12H8N6/c13-5-8-3-1-2-4-10(8)17-11-9-6-16-18-12(9)15-7-14-11/h1-4,6-7H,(H2,14,15,16,17,18). The van der Waals surface area contributed by atoms with Gasteiger partial charge in [-0.3, -0.25) is 5.10 Å². The average Bonchev–Trinajstić information content (AvgIpc) is 2.89. The van der Waals surface area contributed by atoms with Crippen LogP contribution in [0, 0.1) is 11.3 Å². The molecule has 0 amide bonds. The number of fused-ring (bicyclic) bond motifs is 1. The van der Waals surface area contributed by atoms with Crippen molar-refractivity contribution < 1.29 is 0 Å². The van der Waals surface area contributed by atoms with Crippen LogP contribution in [-0.2, 0) is 0 Å². The first-order chi connectivity index (χ1) is 8.88. The van der Waals surface area contributed by atoms with Crippen molar-refractivity contribution in [3.05, 3.63) is 42.4 Å². The van der Waals surface area contributed by atoms with Gasteiger partial charge >= 0.3 is 0 Å². The second-order valence-corrected chi connectivity index (χ2v) is 3.64. The van der Waals surface area contributed by atoms with E-state index in [1.807, 2.05) is 18.2 Å². The zero-order valence-corrected chi connectivity index (χ0v) is 9.25. The summed E-state index contributed by atoms with van der Waals surface area (Å²) in [7, 11) is 0. The molecule has 18 heavy (non-hydrogen) atoms. The minimum atomic E-state index is 0.563. The molecule has 0 unspecified atom stereocenters. The first-order valence-electron chi connectivity index (χ1n) is 5.29. The lowest BCUT2D eigenvalue weighted by atomic mass is 10.2. The smallest absolute Gasteiger partial charge is 0.160 e. The van der Waals surface area contributed by atoms with E-state index in [1.165, 1.54) is 6.33 Å². The molecule has 0 fully saturated rings. The minimum absolute atomic E-state index is 0.563. The van der Waals surface area contributed by atoms with Crippen molar-refractivity contribution in [2.45, 2.75) is 0 Å². The van der Waals surface area contributed by atoms with E-state index in [1.54, 1.807) is 12.3 Å². The maximum Gasteiger partial charge on any atom is 0.160 e. The highest BCUT2D eigenvalue weighted by Gasteiger charge is 2.07. The molecule has 86 valence electrons. The van der Waals surface area contributed by atoms with E-state index in [2.05, 4.69) is 31.6 Å². The molecule has 6 nitrogen and oxygen atoms in total. The van der Waals surface area contributed by atoms with Crippen molar-refractivity contribution >= 4 is 22.5 Å². The number of para-hydroxylation sites is 1. The number of anilines is 2. The van der Waals surface area contributed by atoms with Gasteiger partial charge in [0.25, 0.3) is 0 Å². The fourth-order valence-corrected chi connectivity index (χ4v) is 1.68. The third-order valence-corrected chi connectivity index (χ3v) is 2.55. The highest BCUT2D eigenvalue weighted by Crippen LogP contribution is 2.23. The van der Waals surface area contributed by atoms with Gasteiger partial charge in [0, 0.05) is 0 Å². The summed E-state index contributed by atoms with van der Waals surface area (Å²) in [5.74, 6) is 0.622. The van der Waals surface area contributed by atoms with Gasteiger partial charge < -0.3 is 5.32 Å². The third kappa shape index (κ3) is 1.64. The summed E-state index contributed by atoms with van der Waals surface area (Å²) < 4.78 is 0. The number of H-pyrrole nitrogens is 1. The van der Waals surface area contributed by atoms with Crippen molar-refractivity contribution in [2.75, 3.05) is 5.32 Å². The van der Waals surface area contributed by atoms with Crippen LogP contribution in [0.4, 0.5) is 11.5 Å². The van der Waals surface area contributed by atoms with E-state index < -0.39 is 0 Å². The molecular weight excluding hydrogens is 228 g/mol. The third-order valence-electron chi connectivity index (χ3n) is 2.55. The largest absolute Gasteiger partial charge is 0.338 e. The van der Waals surface area contributed by atoms with E-state index in [0.29, 0.717) is 22.7 Å². The number of aromatic nitrogens is 4. The topological polar surface area (TPSA) is 90.3 Å². The Kier molecular flexibility index (Phi) is 2.35. The molecule has 3 aromatic rings. The SMILES string of the molecule is N#Cc1ccccc1Nc1ncnc2[nH]ncc12. The first kappa shape index (κ1) is 10.2. The van der Waals surface area contributed by atoms with Crippen LogP contribution in [0.1, 0.15) is 5.56 Å². The van der Waals surface area contributed by atoms with Crippen molar-refractivity contribution in [1.82, 2.24) is 20.2 Å². The van der Waals surface area contributed by atoms with Gasteiger partial charge in [0.2, 0.25) is 0 Å². The summed E-state index contributed by atoms with van der Waals surface area (Å²) in [4.78, 5) is 8.21. The number of benzene rings is 1. The molecule has 0 aliphatic rings. The Hall–Kier alpha value is -2.94. The van der Waals surface area contributed by atoms with Crippen molar-refractivity contribution in [3.63, 3.8) is 0 Å². The van der Waals surface area contributed by atoms with Crippen molar-refractivity contribution in [1.29, 1.82) is 5.26 Å². The molecule has 3 rings (SSSR count). The molecule has 1 aromatic carbocycles. The van der Waals surface area contributed by atoms with Gasteiger partial charge in [0.05, 0.1) is 22.8 Å². The van der Waals surface area contributed by atoms with E-state index in [4.69, 9.17) is 5.26 Å². The quantitative estimate of drug-likeness (QED) is 0.709. The van der Waals surface area contributed by atoms with Crippen LogP contribution in [0.15, 0.2) is 36.8 Å². The Bertz CT molecular complexity index is 739. The number of nitrogens with zero attached hydrogens (tertiary/aromatic N) is 4. The van der Waals surface area contributed by atoms with E-state index in [-0.39, 0.29) is 0 Å². The Labute approximate surface area is 102 Å². The van der Waals surface area contributed by atoms with Crippen LogP contribution < -0.4 is 5.32 Å². The summed E-state index contributed by atoms with van der Waals surface area (Å²) in [6, 6.07) is 9.38. The number of hydrogen-bond donors (Lipinski definition) is 2. The second-order valence-electron chi connectivity index (χ2n) is 3.64. The molecule has 0 bridgehead atoms. The lowest BCUT2D eigenvalue weighted by Crippen LogP contribution is -1.97. The molecule has 0 radical (unpaired) electrons. The van der Waals surface area contributed by atoms with Crippen LogP contribution in [0.5, 0.6) is 0 Å². The fourth-order valence-electron chi connectivity index (χ4n) is 1.68. The summed E-state index contributed by atoms with van der Waals surface area (Å²) in [5.41, 5.74) is 1.93. The maximum atomic E-state index is 9.03. The number of nitriles is 1. The summed E-state index contributed by atoms with van der Waals surface area (Å²) in [6.45, 7) is 0. The zero-order valence-electron chi connectivity index (χ0n) is 9.25. The predicted molar refractivity (Wildman–Crippen MR) is 66.1 cm³/mol. The molecule has 0 saturated carbocycles. The molecular formula is C12H8N6. The lowest BCUT2D eigenvalue weighted by molar-refractivity contribution is 1.09. The highest BCUT2D eigenvalue weighted by molar-refractivity contribution is 5.88. The minimum Gasteiger partial charge on any atom is -0.338 e. The molecule has 2 heterocycles. The van der Waals surface area contributed by atoms with Gasteiger partial charge in [-0.05, 0) is 12.1 Å². The van der Waals surface area contributed by atoms with E-state index in [9.17, 15) is 0 Å². The van der Waals surface area contributed by atoms with Gasteiger partial charge in [-0.1, -0.05) is 12.1 Å². The molecule has 6 heteroatoms. The Morgan fingerprint density at radius 2 is 2.11 bits per heavy atom. The normalized spacial score (nSPS) is 10.2. The molecule has 0 atom stereocenters. The van der Waals surface area contributed by atoms with Crippen molar-refractivity contribution in [2.24, 2.45) is 0 Å². The van der Waals surface area contributed by atoms with Crippen LogP contribution >= 0.6 is 0 Å². The maximum absolute atomic E-state index is 9.03. The Balaban J connectivity index is 2.07. The molecule has 0 aliphatic heterocycles. The van der Waals surface area contributed by atoms with Crippen LogP contribution in [-0.4, -0.2) is 20.2 Å². The van der Waals surface area contributed by atoms with Gasteiger partial charge in [-0.15, -0.1) is 0 Å². The van der Waals surface area contributed by atoms with E-state index >= 15 is 0 Å². The summed E-state index contributed by atoms with van der Waals surface area (Å²) in [5, 5.41) is 19.6. The van der Waals surface area contributed by atoms with Crippen LogP contribution in [0.2, 0.25) is 0 Å². The molecule has 0 aliphatic carbocycles. The van der Waals surface area contributed by atoms with Gasteiger partial charge in [0.1, 0.15) is 18.2 Å². The number of aromatic amines is 1. The molecule has 0 saturated heterocycles. The summed E-state index contributed by atoms with van der Waals surface area (Å²) in [6.07, 6.45) is 3.09. The van der Waals surface area contributed by atoms with Crippen LogP contribution in [0.3, 0.4) is 0 Å².